The Hall–Kier alpha value is 0.370. The van der Waals surface area contributed by atoms with E-state index in [-0.39, 0.29) is 15.9 Å². The van der Waals surface area contributed by atoms with Crippen molar-refractivity contribution in [2.75, 3.05) is 0 Å². The van der Waals surface area contributed by atoms with Gasteiger partial charge in [0.05, 0.1) is 38.9 Å². The number of alkyl halides is 1. The third-order valence-corrected chi connectivity index (χ3v) is 4.76. The van der Waals surface area contributed by atoms with Crippen LogP contribution in [0, 0.1) is 0 Å². The Morgan fingerprint density at radius 1 is 1.67 bits per heavy atom. The molecule has 1 saturated heterocycles. The lowest BCUT2D eigenvalue weighted by molar-refractivity contribution is -0.122. The van der Waals surface area contributed by atoms with Crippen molar-refractivity contribution >= 4 is 51.4 Å². The number of carbonyl (C=O) groups is 1. The number of rotatable bonds is 4. The van der Waals surface area contributed by atoms with Crippen LogP contribution < -0.4 is 0 Å². The first-order chi connectivity index (χ1) is 7.06. The molecule has 0 unspecified atom stereocenters. The second-order valence-electron chi connectivity index (χ2n) is 3.37. The molecule has 0 saturated carbocycles. The van der Waals surface area contributed by atoms with Crippen molar-refractivity contribution in [3.63, 3.8) is 0 Å². The van der Waals surface area contributed by atoms with Crippen LogP contribution in [-0.2, 0) is 4.79 Å². The van der Waals surface area contributed by atoms with Crippen LogP contribution in [0.3, 0.4) is 0 Å². The van der Waals surface area contributed by atoms with Crippen LogP contribution in [0.15, 0.2) is 24.8 Å². The Bertz CT molecular complexity index is 281. The average molecular weight is 433 g/mol. The van der Waals surface area contributed by atoms with E-state index >= 15 is 0 Å². The molecule has 5 heteroatoms. The molecule has 3 nitrogen and oxygen atoms in total. The fraction of sp³-hybridized carbons (Fsp3) is 0.500. The number of amides is 1. The molecule has 0 aliphatic carbocycles. The van der Waals surface area contributed by atoms with Gasteiger partial charge in [0.15, 0.2) is 0 Å². The standard InChI is InChI=1S/C10H13I2NO2/c1-2-8(11)9(14)5-3-7-4-6-10(15)13(7)12/h2-3,5,7-9,14H,1,4,6H2/b5-3+/t7-,8-,9-/m0/s1. The van der Waals surface area contributed by atoms with Crippen LogP contribution in [0.5, 0.6) is 0 Å². The molecule has 0 bridgehead atoms. The summed E-state index contributed by atoms with van der Waals surface area (Å²) < 4.78 is 1.70. The summed E-state index contributed by atoms with van der Waals surface area (Å²) in [7, 11) is 0. The maximum Gasteiger partial charge on any atom is 0.231 e. The lowest BCUT2D eigenvalue weighted by atomic mass is 10.1. The fourth-order valence-electron chi connectivity index (χ4n) is 1.34. The van der Waals surface area contributed by atoms with Gasteiger partial charge in [0, 0.05) is 6.42 Å². The van der Waals surface area contributed by atoms with Crippen LogP contribution in [-0.4, -0.2) is 30.2 Å². The van der Waals surface area contributed by atoms with Gasteiger partial charge in [-0.2, -0.15) is 0 Å². The SMILES string of the molecule is C=C[C@H](I)[C@@H](O)/C=C/[C@H]1CCC(=O)N1I. The van der Waals surface area contributed by atoms with Gasteiger partial charge in [0.1, 0.15) is 0 Å². The summed E-state index contributed by atoms with van der Waals surface area (Å²) in [5.74, 6) is 0.162. The molecule has 1 heterocycles. The summed E-state index contributed by atoms with van der Waals surface area (Å²) in [5.41, 5.74) is 0. The average Bonchev–Trinajstić information content (AvgIpc) is 2.55. The summed E-state index contributed by atoms with van der Waals surface area (Å²) in [6.45, 7) is 3.62. The normalized spacial score (nSPS) is 25.9. The lowest BCUT2D eigenvalue weighted by Crippen LogP contribution is -2.22. The fourth-order valence-corrected chi connectivity index (χ4v) is 2.28. The van der Waals surface area contributed by atoms with E-state index in [9.17, 15) is 9.90 Å². The number of carbonyl (C=O) groups excluding carboxylic acids is 1. The predicted octanol–water partition coefficient (Wildman–Crippen LogP) is 2.23. The van der Waals surface area contributed by atoms with Crippen molar-refractivity contribution in [2.24, 2.45) is 0 Å². The minimum Gasteiger partial charge on any atom is -0.388 e. The molecule has 1 rings (SSSR count). The van der Waals surface area contributed by atoms with Gasteiger partial charge in [-0.25, -0.2) is 0 Å². The highest BCUT2D eigenvalue weighted by Gasteiger charge is 2.27. The van der Waals surface area contributed by atoms with Crippen LogP contribution in [0.4, 0.5) is 0 Å². The van der Waals surface area contributed by atoms with E-state index in [1.165, 1.54) is 0 Å². The molecule has 0 spiro atoms. The van der Waals surface area contributed by atoms with Gasteiger partial charge in [0.25, 0.3) is 0 Å². The summed E-state index contributed by atoms with van der Waals surface area (Å²) in [6.07, 6.45) is 6.26. The quantitative estimate of drug-likeness (QED) is 0.320. The Balaban J connectivity index is 2.51. The molecule has 0 aromatic rings. The van der Waals surface area contributed by atoms with Gasteiger partial charge >= 0.3 is 0 Å². The zero-order chi connectivity index (χ0) is 11.4. The molecule has 0 aromatic carbocycles. The first kappa shape index (κ1) is 13.4. The number of aliphatic hydroxyl groups is 1. The Morgan fingerprint density at radius 3 is 2.80 bits per heavy atom. The van der Waals surface area contributed by atoms with Crippen LogP contribution in [0.25, 0.3) is 0 Å². The van der Waals surface area contributed by atoms with Gasteiger partial charge in [-0.1, -0.05) is 40.8 Å². The van der Waals surface area contributed by atoms with E-state index in [1.54, 1.807) is 15.3 Å². The molecule has 3 atom stereocenters. The van der Waals surface area contributed by atoms with Gasteiger partial charge in [-0.05, 0) is 6.42 Å². The smallest absolute Gasteiger partial charge is 0.231 e. The van der Waals surface area contributed by atoms with Gasteiger partial charge in [-0.15, -0.1) is 6.58 Å². The minimum atomic E-state index is -0.524. The van der Waals surface area contributed by atoms with Crippen molar-refractivity contribution < 1.29 is 9.90 Å². The second kappa shape index (κ2) is 6.19. The molecule has 0 radical (unpaired) electrons. The molecule has 1 N–H and O–H groups in total. The monoisotopic (exact) mass is 433 g/mol. The highest BCUT2D eigenvalue weighted by Crippen LogP contribution is 2.24. The molecule has 1 amide bonds. The summed E-state index contributed by atoms with van der Waals surface area (Å²) in [4.78, 5) is 11.2. The molecular formula is C10H13I2NO2. The minimum absolute atomic E-state index is 0.0126. The van der Waals surface area contributed by atoms with E-state index in [2.05, 4.69) is 29.2 Å². The molecule has 1 aliphatic rings. The van der Waals surface area contributed by atoms with E-state index in [1.807, 2.05) is 28.9 Å². The summed E-state index contributed by atoms with van der Waals surface area (Å²) in [5, 5.41) is 9.66. The first-order valence-corrected chi connectivity index (χ1v) is 6.88. The lowest BCUT2D eigenvalue weighted by Gasteiger charge is -2.14. The van der Waals surface area contributed by atoms with Gasteiger partial charge < -0.3 is 5.11 Å². The van der Waals surface area contributed by atoms with Crippen LogP contribution in [0.2, 0.25) is 0 Å². The highest BCUT2D eigenvalue weighted by molar-refractivity contribution is 14.1. The van der Waals surface area contributed by atoms with E-state index in [4.69, 9.17) is 0 Å². The summed E-state index contributed by atoms with van der Waals surface area (Å²) in [6, 6.07) is 0.126. The number of hydrogen-bond donors (Lipinski definition) is 1. The number of nitrogens with zero attached hydrogens (tertiary/aromatic N) is 1. The molecule has 0 aromatic heterocycles. The van der Waals surface area contributed by atoms with E-state index in [0.717, 1.165) is 6.42 Å². The van der Waals surface area contributed by atoms with Crippen molar-refractivity contribution in [3.05, 3.63) is 24.8 Å². The molecule has 1 fully saturated rings. The van der Waals surface area contributed by atoms with Crippen LogP contribution in [0.1, 0.15) is 12.8 Å². The molecule has 15 heavy (non-hydrogen) atoms. The van der Waals surface area contributed by atoms with E-state index in [0.29, 0.717) is 6.42 Å². The zero-order valence-electron chi connectivity index (χ0n) is 8.14. The number of hydrogen-bond acceptors (Lipinski definition) is 2. The second-order valence-corrected chi connectivity index (χ2v) is 5.84. The third-order valence-electron chi connectivity index (χ3n) is 2.27. The van der Waals surface area contributed by atoms with Crippen molar-refractivity contribution in [2.45, 2.75) is 28.9 Å². The number of halogens is 2. The maximum absolute atomic E-state index is 11.2. The Kier molecular flexibility index (Phi) is 5.54. The molecular weight excluding hydrogens is 420 g/mol. The van der Waals surface area contributed by atoms with Crippen molar-refractivity contribution in [3.8, 4) is 0 Å². The topological polar surface area (TPSA) is 40.5 Å². The van der Waals surface area contributed by atoms with Crippen molar-refractivity contribution in [1.82, 2.24) is 3.11 Å². The Morgan fingerprint density at radius 2 is 2.33 bits per heavy atom. The Labute approximate surface area is 117 Å². The number of aliphatic hydroxyl groups excluding tert-OH is 1. The zero-order valence-corrected chi connectivity index (χ0v) is 12.5. The van der Waals surface area contributed by atoms with Crippen LogP contribution >= 0.6 is 45.5 Å². The van der Waals surface area contributed by atoms with Crippen molar-refractivity contribution in [1.29, 1.82) is 0 Å². The third kappa shape index (κ3) is 3.70. The molecule has 84 valence electrons. The van der Waals surface area contributed by atoms with Gasteiger partial charge in [0.2, 0.25) is 5.91 Å². The largest absolute Gasteiger partial charge is 0.388 e. The summed E-state index contributed by atoms with van der Waals surface area (Å²) >= 11 is 4.15. The predicted molar refractivity (Wildman–Crippen MR) is 77.0 cm³/mol. The maximum atomic E-state index is 11.2. The molecule has 1 aliphatic heterocycles. The highest BCUT2D eigenvalue weighted by atomic mass is 127. The van der Waals surface area contributed by atoms with Gasteiger partial charge in [-0.3, -0.25) is 7.91 Å². The first-order valence-electron chi connectivity index (χ1n) is 4.67. The van der Waals surface area contributed by atoms with E-state index < -0.39 is 6.10 Å².